The van der Waals surface area contributed by atoms with Crippen molar-refractivity contribution in [2.45, 2.75) is 25.8 Å². The highest BCUT2D eigenvalue weighted by atomic mass is 32.1. The Hall–Kier alpha value is -2.14. The first-order chi connectivity index (χ1) is 11.6. The lowest BCUT2D eigenvalue weighted by Gasteiger charge is -2.46. The maximum Gasteiger partial charge on any atom is 0.264 e. The van der Waals surface area contributed by atoms with Gasteiger partial charge in [-0.1, -0.05) is 31.2 Å². The minimum Gasteiger partial charge on any atom is -0.332 e. The molecule has 1 aromatic heterocycles. The molecule has 2 unspecified atom stereocenters. The van der Waals surface area contributed by atoms with Gasteiger partial charge in [0.2, 0.25) is 5.91 Å². The van der Waals surface area contributed by atoms with Gasteiger partial charge in [0.1, 0.15) is 6.54 Å². The number of rotatable bonds is 1. The Morgan fingerprint density at radius 2 is 1.92 bits per heavy atom. The molecule has 0 spiro atoms. The lowest BCUT2D eigenvalue weighted by molar-refractivity contribution is -0.139. The second-order valence-corrected chi connectivity index (χ2v) is 7.63. The highest BCUT2D eigenvalue weighted by molar-refractivity contribution is 7.12. The minimum absolute atomic E-state index is 0.0217. The molecular formula is C19H20N2O2S. The summed E-state index contributed by atoms with van der Waals surface area (Å²) < 4.78 is 0. The number of hydrogen-bond acceptors (Lipinski definition) is 3. The normalized spacial score (nSPS) is 23.0. The number of piperazine rings is 1. The summed E-state index contributed by atoms with van der Waals surface area (Å²) in [5.41, 5.74) is 3.47. The van der Waals surface area contributed by atoms with E-state index >= 15 is 0 Å². The number of carbonyl (C=O) groups is 2. The number of amides is 2. The van der Waals surface area contributed by atoms with Gasteiger partial charge in [-0.25, -0.2) is 0 Å². The molecule has 2 aliphatic rings. The van der Waals surface area contributed by atoms with Crippen molar-refractivity contribution in [2.24, 2.45) is 0 Å². The second-order valence-electron chi connectivity index (χ2n) is 6.71. The summed E-state index contributed by atoms with van der Waals surface area (Å²) in [7, 11) is 0. The van der Waals surface area contributed by atoms with Crippen molar-refractivity contribution in [1.29, 1.82) is 0 Å². The fourth-order valence-electron chi connectivity index (χ4n) is 3.84. The average Bonchev–Trinajstić information content (AvgIpc) is 3.01. The van der Waals surface area contributed by atoms with Gasteiger partial charge in [0, 0.05) is 13.1 Å². The van der Waals surface area contributed by atoms with E-state index in [2.05, 4.69) is 19.1 Å². The van der Waals surface area contributed by atoms with Crippen molar-refractivity contribution < 1.29 is 9.59 Å². The van der Waals surface area contributed by atoms with Gasteiger partial charge in [0.05, 0.1) is 10.9 Å². The third-order valence-electron chi connectivity index (χ3n) is 5.12. The van der Waals surface area contributed by atoms with Crippen LogP contribution in [-0.2, 0) is 4.79 Å². The number of hydrogen-bond donors (Lipinski definition) is 0. The number of thiophene rings is 1. The second kappa shape index (κ2) is 5.74. The highest BCUT2D eigenvalue weighted by Gasteiger charge is 2.40. The van der Waals surface area contributed by atoms with Crippen molar-refractivity contribution in [2.75, 3.05) is 19.6 Å². The summed E-state index contributed by atoms with van der Waals surface area (Å²) in [5, 5.41) is 1.93. The smallest absolute Gasteiger partial charge is 0.264 e. The molecule has 0 radical (unpaired) electrons. The van der Waals surface area contributed by atoms with Gasteiger partial charge in [-0.05, 0) is 41.0 Å². The van der Waals surface area contributed by atoms with E-state index in [9.17, 15) is 9.59 Å². The quantitative estimate of drug-likeness (QED) is 0.800. The molecule has 1 aromatic carbocycles. The first-order valence-electron chi connectivity index (χ1n) is 8.28. The molecule has 24 heavy (non-hydrogen) atoms. The molecule has 1 saturated heterocycles. The monoisotopic (exact) mass is 340 g/mol. The molecule has 1 fully saturated rings. The SMILES string of the molecule is Cc1ccsc1C(=O)N1CC(=O)N2CC(C)c3ccccc3C2C1. The van der Waals surface area contributed by atoms with Gasteiger partial charge < -0.3 is 9.80 Å². The molecule has 2 aliphatic heterocycles. The van der Waals surface area contributed by atoms with E-state index in [0.717, 1.165) is 17.0 Å². The summed E-state index contributed by atoms with van der Waals surface area (Å²) in [6, 6.07) is 10.2. The fourth-order valence-corrected chi connectivity index (χ4v) is 4.73. The van der Waals surface area contributed by atoms with Crippen LogP contribution in [0.15, 0.2) is 35.7 Å². The van der Waals surface area contributed by atoms with Crippen LogP contribution in [0.4, 0.5) is 0 Å². The standard InChI is InChI=1S/C19H20N2O2S/c1-12-7-8-24-18(12)19(23)20-10-16-15-6-4-3-5-14(15)13(2)9-21(16)17(22)11-20/h3-8,13,16H,9-11H2,1-2H3. The molecule has 2 atom stereocenters. The molecule has 0 aliphatic carbocycles. The van der Waals surface area contributed by atoms with E-state index in [-0.39, 0.29) is 24.4 Å². The van der Waals surface area contributed by atoms with Crippen LogP contribution in [-0.4, -0.2) is 41.2 Å². The van der Waals surface area contributed by atoms with Crippen molar-refractivity contribution in [3.8, 4) is 0 Å². The van der Waals surface area contributed by atoms with E-state index in [4.69, 9.17) is 0 Å². The Morgan fingerprint density at radius 1 is 1.17 bits per heavy atom. The summed E-state index contributed by atoms with van der Waals surface area (Å²) in [4.78, 5) is 30.0. The van der Waals surface area contributed by atoms with Crippen LogP contribution in [0, 0.1) is 6.92 Å². The molecule has 4 rings (SSSR count). The molecule has 0 N–H and O–H groups in total. The largest absolute Gasteiger partial charge is 0.332 e. The first-order valence-corrected chi connectivity index (χ1v) is 9.16. The van der Waals surface area contributed by atoms with Crippen molar-refractivity contribution in [3.63, 3.8) is 0 Å². The molecule has 2 amide bonds. The molecule has 4 nitrogen and oxygen atoms in total. The van der Waals surface area contributed by atoms with Crippen LogP contribution in [0.2, 0.25) is 0 Å². The Labute approximate surface area is 145 Å². The van der Waals surface area contributed by atoms with Crippen molar-refractivity contribution >= 4 is 23.2 Å². The van der Waals surface area contributed by atoms with Crippen LogP contribution in [0.3, 0.4) is 0 Å². The van der Waals surface area contributed by atoms with Crippen molar-refractivity contribution in [1.82, 2.24) is 9.80 Å². The number of aryl methyl sites for hydroxylation is 1. The average molecular weight is 340 g/mol. The Morgan fingerprint density at radius 3 is 2.62 bits per heavy atom. The summed E-state index contributed by atoms with van der Waals surface area (Å²) in [6.45, 7) is 5.60. The number of nitrogens with zero attached hydrogens (tertiary/aromatic N) is 2. The van der Waals surface area contributed by atoms with Gasteiger partial charge >= 0.3 is 0 Å². The zero-order chi connectivity index (χ0) is 16.8. The number of benzene rings is 1. The Bertz CT molecular complexity index is 813. The van der Waals surface area contributed by atoms with Gasteiger partial charge in [0.15, 0.2) is 0 Å². The van der Waals surface area contributed by atoms with E-state index in [1.165, 1.54) is 22.5 Å². The topological polar surface area (TPSA) is 40.6 Å². The third kappa shape index (κ3) is 2.35. The van der Waals surface area contributed by atoms with E-state index in [0.29, 0.717) is 12.5 Å². The summed E-state index contributed by atoms with van der Waals surface area (Å²) in [6.07, 6.45) is 0. The fraction of sp³-hybridized carbons (Fsp3) is 0.368. The maximum atomic E-state index is 12.8. The van der Waals surface area contributed by atoms with Gasteiger partial charge in [-0.3, -0.25) is 9.59 Å². The van der Waals surface area contributed by atoms with Crippen molar-refractivity contribution in [3.05, 3.63) is 57.3 Å². The number of carbonyl (C=O) groups excluding carboxylic acids is 2. The van der Waals surface area contributed by atoms with Crippen LogP contribution < -0.4 is 0 Å². The Balaban J connectivity index is 1.68. The van der Waals surface area contributed by atoms with Crippen LogP contribution in [0.25, 0.3) is 0 Å². The highest BCUT2D eigenvalue weighted by Crippen LogP contribution is 2.38. The molecule has 2 aromatic rings. The van der Waals surface area contributed by atoms with E-state index in [1.54, 1.807) is 4.90 Å². The summed E-state index contributed by atoms with van der Waals surface area (Å²) in [5.74, 6) is 0.366. The van der Waals surface area contributed by atoms with Crippen LogP contribution in [0.1, 0.15) is 45.2 Å². The predicted molar refractivity (Wildman–Crippen MR) is 94.3 cm³/mol. The van der Waals surface area contributed by atoms with E-state index in [1.807, 2.05) is 35.4 Å². The molecular weight excluding hydrogens is 320 g/mol. The lowest BCUT2D eigenvalue weighted by Crippen LogP contribution is -2.56. The van der Waals surface area contributed by atoms with Crippen LogP contribution in [0.5, 0.6) is 0 Å². The van der Waals surface area contributed by atoms with Gasteiger partial charge in [-0.15, -0.1) is 11.3 Å². The lowest BCUT2D eigenvalue weighted by atomic mass is 9.85. The van der Waals surface area contributed by atoms with Gasteiger partial charge in [-0.2, -0.15) is 0 Å². The maximum absolute atomic E-state index is 12.8. The zero-order valence-electron chi connectivity index (χ0n) is 13.9. The molecule has 0 bridgehead atoms. The summed E-state index contributed by atoms with van der Waals surface area (Å²) >= 11 is 1.45. The molecule has 3 heterocycles. The van der Waals surface area contributed by atoms with E-state index < -0.39 is 0 Å². The minimum atomic E-state index is -0.0251. The predicted octanol–water partition coefficient (Wildman–Crippen LogP) is 3.20. The van der Waals surface area contributed by atoms with Gasteiger partial charge in [0.25, 0.3) is 5.91 Å². The van der Waals surface area contributed by atoms with Crippen LogP contribution >= 0.6 is 11.3 Å². The number of fused-ring (bicyclic) bond motifs is 3. The molecule has 124 valence electrons. The zero-order valence-corrected chi connectivity index (χ0v) is 14.7. The first kappa shape index (κ1) is 15.4. The molecule has 0 saturated carbocycles. The third-order valence-corrected chi connectivity index (χ3v) is 6.12. The Kier molecular flexibility index (Phi) is 3.68. The molecule has 5 heteroatoms.